The van der Waals surface area contributed by atoms with E-state index >= 15 is 0 Å². The third-order valence-corrected chi connectivity index (χ3v) is 7.10. The second-order valence-corrected chi connectivity index (χ2v) is 9.08. The monoisotopic (exact) mass is 439 g/mol. The van der Waals surface area contributed by atoms with Gasteiger partial charge in [-0.05, 0) is 43.2 Å². The average molecular weight is 440 g/mol. The summed E-state index contributed by atoms with van der Waals surface area (Å²) in [4.78, 5) is 24.3. The number of piperidine rings is 1. The van der Waals surface area contributed by atoms with E-state index in [1.807, 2.05) is 60.3 Å². The predicted molar refractivity (Wildman–Crippen MR) is 126 cm³/mol. The SMILES string of the molecule is Cc1ccc2c(c1C)OC1(CCN(c3ncnc4c3cnn4-c3ccccc3)CC1)CC2=O. The van der Waals surface area contributed by atoms with Crippen molar-refractivity contribution in [2.75, 3.05) is 18.0 Å². The lowest BCUT2D eigenvalue weighted by Gasteiger charge is -2.44. The first-order chi connectivity index (χ1) is 16.0. The lowest BCUT2D eigenvalue weighted by Crippen LogP contribution is -2.51. The number of Topliss-reactive ketones (excluding diaryl/α,β-unsaturated/α-hetero) is 1. The maximum Gasteiger partial charge on any atom is 0.170 e. The lowest BCUT2D eigenvalue weighted by atomic mass is 9.81. The lowest BCUT2D eigenvalue weighted by molar-refractivity contribution is 0.0225. The summed E-state index contributed by atoms with van der Waals surface area (Å²) in [5.41, 5.74) is 4.24. The second-order valence-electron chi connectivity index (χ2n) is 9.08. The van der Waals surface area contributed by atoms with Crippen LogP contribution in [0.4, 0.5) is 5.82 Å². The highest BCUT2D eigenvalue weighted by molar-refractivity contribution is 6.01. The number of carbonyl (C=O) groups is 1. The number of hydrogen-bond donors (Lipinski definition) is 0. The summed E-state index contributed by atoms with van der Waals surface area (Å²) in [5.74, 6) is 1.83. The van der Waals surface area contributed by atoms with E-state index in [-0.39, 0.29) is 5.78 Å². The molecular weight excluding hydrogens is 414 g/mol. The molecule has 7 heteroatoms. The van der Waals surface area contributed by atoms with Gasteiger partial charge < -0.3 is 9.64 Å². The Morgan fingerprint density at radius 3 is 2.58 bits per heavy atom. The molecule has 0 unspecified atom stereocenters. The fourth-order valence-electron chi connectivity index (χ4n) is 5.03. The van der Waals surface area contributed by atoms with Crippen molar-refractivity contribution in [3.63, 3.8) is 0 Å². The molecule has 4 aromatic rings. The van der Waals surface area contributed by atoms with Crippen LogP contribution in [0.1, 0.15) is 40.7 Å². The van der Waals surface area contributed by atoms with Gasteiger partial charge in [0.05, 0.1) is 29.3 Å². The molecule has 33 heavy (non-hydrogen) atoms. The zero-order valence-corrected chi connectivity index (χ0v) is 18.8. The first kappa shape index (κ1) is 19.9. The minimum Gasteiger partial charge on any atom is -0.486 e. The number of nitrogens with zero attached hydrogens (tertiary/aromatic N) is 5. The predicted octanol–water partition coefficient (Wildman–Crippen LogP) is 4.44. The molecule has 0 N–H and O–H groups in total. The number of ether oxygens (including phenoxy) is 1. The standard InChI is InChI=1S/C26H25N5O2/c1-17-8-9-20-22(32)14-26(33-23(20)18(17)2)10-12-30(13-11-26)24-21-15-29-31(25(21)28-16-27-24)19-6-4-3-5-7-19/h3-9,15-16H,10-14H2,1-2H3. The number of para-hydroxylation sites is 1. The molecule has 1 spiro atoms. The average Bonchev–Trinajstić information content (AvgIpc) is 3.27. The summed E-state index contributed by atoms with van der Waals surface area (Å²) in [5, 5.41) is 5.50. The quantitative estimate of drug-likeness (QED) is 0.460. The largest absolute Gasteiger partial charge is 0.486 e. The normalized spacial score (nSPS) is 17.3. The van der Waals surface area contributed by atoms with E-state index in [4.69, 9.17) is 4.74 Å². The first-order valence-corrected chi connectivity index (χ1v) is 11.4. The Balaban J connectivity index is 1.28. The Morgan fingerprint density at radius 2 is 1.79 bits per heavy atom. The molecule has 1 fully saturated rings. The molecule has 7 nitrogen and oxygen atoms in total. The summed E-state index contributed by atoms with van der Waals surface area (Å²) >= 11 is 0. The molecule has 1 saturated heterocycles. The number of ketones is 1. The molecule has 2 aliphatic heterocycles. The Kier molecular flexibility index (Phi) is 4.47. The molecule has 4 heterocycles. The molecule has 2 aromatic heterocycles. The van der Waals surface area contributed by atoms with E-state index in [2.05, 4.69) is 26.9 Å². The van der Waals surface area contributed by atoms with Crippen molar-refractivity contribution in [2.45, 2.75) is 38.7 Å². The van der Waals surface area contributed by atoms with Crippen LogP contribution in [0, 0.1) is 13.8 Å². The molecule has 0 aliphatic carbocycles. The third kappa shape index (κ3) is 3.18. The van der Waals surface area contributed by atoms with Crippen molar-refractivity contribution in [1.82, 2.24) is 19.7 Å². The van der Waals surface area contributed by atoms with Gasteiger partial charge in [0.2, 0.25) is 0 Å². The van der Waals surface area contributed by atoms with Crippen LogP contribution < -0.4 is 9.64 Å². The zero-order valence-electron chi connectivity index (χ0n) is 18.8. The molecule has 0 amide bonds. The van der Waals surface area contributed by atoms with Crippen molar-refractivity contribution in [2.24, 2.45) is 0 Å². The Labute approximate surface area is 192 Å². The van der Waals surface area contributed by atoms with Gasteiger partial charge in [0.15, 0.2) is 11.4 Å². The summed E-state index contributed by atoms with van der Waals surface area (Å²) in [6.45, 7) is 5.62. The van der Waals surface area contributed by atoms with Crippen molar-refractivity contribution >= 4 is 22.6 Å². The number of benzene rings is 2. The third-order valence-electron chi connectivity index (χ3n) is 7.10. The summed E-state index contributed by atoms with van der Waals surface area (Å²) in [6.07, 6.45) is 5.41. The molecule has 0 bridgehead atoms. The van der Waals surface area contributed by atoms with E-state index in [1.165, 1.54) is 0 Å². The molecular formula is C26H25N5O2. The van der Waals surface area contributed by atoms with Crippen molar-refractivity contribution in [3.8, 4) is 11.4 Å². The molecule has 6 rings (SSSR count). The fourth-order valence-corrected chi connectivity index (χ4v) is 5.03. The maximum atomic E-state index is 13.0. The Hall–Kier alpha value is -3.74. The van der Waals surface area contributed by atoms with Gasteiger partial charge in [0, 0.05) is 25.9 Å². The summed E-state index contributed by atoms with van der Waals surface area (Å²) < 4.78 is 8.42. The summed E-state index contributed by atoms with van der Waals surface area (Å²) in [7, 11) is 0. The van der Waals surface area contributed by atoms with Gasteiger partial charge in [-0.2, -0.15) is 5.10 Å². The highest BCUT2D eigenvalue weighted by atomic mass is 16.5. The first-order valence-electron chi connectivity index (χ1n) is 11.4. The number of carbonyl (C=O) groups excluding carboxylic acids is 1. The van der Waals surface area contributed by atoms with E-state index in [1.54, 1.807) is 6.33 Å². The highest BCUT2D eigenvalue weighted by Crippen LogP contribution is 2.42. The van der Waals surface area contributed by atoms with Crippen molar-refractivity contribution in [1.29, 1.82) is 0 Å². The number of rotatable bonds is 2. The molecule has 2 aromatic carbocycles. The van der Waals surface area contributed by atoms with Crippen LogP contribution in [0.15, 0.2) is 55.0 Å². The number of hydrogen-bond acceptors (Lipinski definition) is 6. The molecule has 0 atom stereocenters. The van der Waals surface area contributed by atoms with Gasteiger partial charge in [-0.25, -0.2) is 14.6 Å². The van der Waals surface area contributed by atoms with Crippen LogP contribution in [-0.2, 0) is 0 Å². The number of anilines is 1. The number of fused-ring (bicyclic) bond motifs is 2. The van der Waals surface area contributed by atoms with Gasteiger partial charge in [-0.3, -0.25) is 4.79 Å². The van der Waals surface area contributed by atoms with Gasteiger partial charge in [-0.1, -0.05) is 24.3 Å². The Morgan fingerprint density at radius 1 is 1.00 bits per heavy atom. The Bertz CT molecular complexity index is 1370. The van der Waals surface area contributed by atoms with Crippen LogP contribution in [0.3, 0.4) is 0 Å². The van der Waals surface area contributed by atoms with Gasteiger partial charge in [0.25, 0.3) is 0 Å². The van der Waals surface area contributed by atoms with Crippen LogP contribution in [0.5, 0.6) is 5.75 Å². The van der Waals surface area contributed by atoms with E-state index in [0.29, 0.717) is 6.42 Å². The van der Waals surface area contributed by atoms with Gasteiger partial charge in [-0.15, -0.1) is 0 Å². The topological polar surface area (TPSA) is 73.1 Å². The summed E-state index contributed by atoms with van der Waals surface area (Å²) in [6, 6.07) is 13.9. The van der Waals surface area contributed by atoms with E-state index in [9.17, 15) is 4.79 Å². The molecule has 166 valence electrons. The van der Waals surface area contributed by atoms with E-state index in [0.717, 1.165) is 70.9 Å². The molecule has 2 aliphatic rings. The molecule has 0 saturated carbocycles. The zero-order chi connectivity index (χ0) is 22.6. The van der Waals surface area contributed by atoms with Gasteiger partial charge >= 0.3 is 0 Å². The second kappa shape index (κ2) is 7.40. The highest BCUT2D eigenvalue weighted by Gasteiger charge is 2.44. The fraction of sp³-hybridized carbons (Fsp3) is 0.308. The van der Waals surface area contributed by atoms with Crippen LogP contribution in [-0.4, -0.2) is 44.2 Å². The minimum absolute atomic E-state index is 0.182. The smallest absolute Gasteiger partial charge is 0.170 e. The van der Waals surface area contributed by atoms with Crippen LogP contribution in [0.25, 0.3) is 16.7 Å². The van der Waals surface area contributed by atoms with E-state index < -0.39 is 5.60 Å². The van der Waals surface area contributed by atoms with Gasteiger partial charge in [0.1, 0.15) is 23.5 Å². The van der Waals surface area contributed by atoms with Crippen LogP contribution >= 0.6 is 0 Å². The minimum atomic E-state index is -0.445. The number of aromatic nitrogens is 4. The van der Waals surface area contributed by atoms with Crippen LogP contribution in [0.2, 0.25) is 0 Å². The van der Waals surface area contributed by atoms with Crippen molar-refractivity contribution in [3.05, 3.63) is 71.7 Å². The maximum absolute atomic E-state index is 13.0. The molecule has 0 radical (unpaired) electrons. The number of aryl methyl sites for hydroxylation is 1. The van der Waals surface area contributed by atoms with Crippen molar-refractivity contribution < 1.29 is 9.53 Å².